The van der Waals surface area contributed by atoms with Crippen molar-refractivity contribution < 1.29 is 38.9 Å². The standard InChI is InChI=1S/C72H78N10O8/c1-12-41-33(4)52-27-60-47(31-83)37(8)50(76-60)25-54-35(6)43(68(79-54)45-23-62(85)66-39(10)56(81-70(45)66)29-58(41)74-52)18-20-64(87)73-22-16-15-17-49(72(89)90-14-3)78-65(88)21-19-44-36(7)55-26-51-38(9)48(32-84)61(77-51)28-53-34(5)42(13-2)59(75-53)30-57-40(11)67-63(86)24-46(69(44)80-55)71(67)82-57/h25-32,35-36,43-44,49,79-80,83-84H,12-24H2,1-11H3,(H,73,87)(H,78,88)/b47-31+,48-32+,52-27?,53-28?,54-25?,55-26?,56-29?,57-30?,68-45?,69-46?/t35-,36-,43-,44-,49?/m0/s1. The molecule has 0 aromatic carbocycles. The summed E-state index contributed by atoms with van der Waals surface area (Å²) >= 11 is 0. The Morgan fingerprint density at radius 1 is 0.589 bits per heavy atom. The van der Waals surface area contributed by atoms with Crippen molar-refractivity contribution in [1.82, 2.24) is 21.3 Å². The van der Waals surface area contributed by atoms with E-state index < -0.39 is 12.0 Å². The summed E-state index contributed by atoms with van der Waals surface area (Å²) in [7, 11) is 0. The van der Waals surface area contributed by atoms with Crippen molar-refractivity contribution in [3.05, 3.63) is 184 Å². The number of rotatable bonds is 16. The highest BCUT2D eigenvalue weighted by molar-refractivity contribution is 6.39. The van der Waals surface area contributed by atoms with Gasteiger partial charge in [-0.1, -0.05) is 27.7 Å². The van der Waals surface area contributed by atoms with Gasteiger partial charge in [0.25, 0.3) is 0 Å². The Labute approximate surface area is 525 Å². The van der Waals surface area contributed by atoms with Gasteiger partial charge < -0.3 is 36.2 Å². The van der Waals surface area contributed by atoms with Crippen molar-refractivity contribution in [3.63, 3.8) is 0 Å². The van der Waals surface area contributed by atoms with Crippen LogP contribution in [-0.2, 0) is 28.7 Å². The Balaban J connectivity index is 0.721. The normalized spacial score (nSPS) is 25.2. The minimum Gasteiger partial charge on any atom is -0.515 e. The number of Topliss-reactive ketones (excluding diaryl/α,β-unsaturated/α-hetero) is 2. The van der Waals surface area contributed by atoms with Crippen LogP contribution in [0.4, 0.5) is 0 Å². The first-order valence-corrected chi connectivity index (χ1v) is 31.8. The van der Waals surface area contributed by atoms with Gasteiger partial charge in [-0.2, -0.15) is 0 Å². The summed E-state index contributed by atoms with van der Waals surface area (Å²) in [4.78, 5) is 99.7. The number of nitrogens with zero attached hydrogens (tertiary/aromatic N) is 6. The van der Waals surface area contributed by atoms with E-state index in [0.29, 0.717) is 107 Å². The smallest absolute Gasteiger partial charge is 0.328 e. The second-order valence-electron chi connectivity index (χ2n) is 25.1. The monoisotopic (exact) mass is 1210 g/mol. The SMILES string of the molecule is CCOC(=O)C(CCCCNC(=O)CC[C@@H]1C2=C3CC(=O)C4=C(C)C(=CC5=NC(=CC6=NC(=C(C)/C6=C\O)C=C(N2)[C@H]1C)C(C)=C5CC)N=C34)NC(=O)CC[C@@H]1C2=C3CC(=O)C4=C(C)C(=CC5=NC(=CC6=NC(=C(C)/C6=C\O)C=C(N2)[C@H]1C)C(C)=C5CC)N=C34. The average molecular weight is 1210 g/mol. The first-order chi connectivity index (χ1) is 43.2. The highest BCUT2D eigenvalue weighted by atomic mass is 16.5. The largest absolute Gasteiger partial charge is 0.515 e. The molecule has 2 aliphatic carbocycles. The minimum atomic E-state index is -0.915. The summed E-state index contributed by atoms with van der Waals surface area (Å²) in [5.41, 5.74) is 23.2. The zero-order valence-electron chi connectivity index (χ0n) is 53.2. The predicted molar refractivity (Wildman–Crippen MR) is 350 cm³/mol. The highest BCUT2D eigenvalue weighted by Gasteiger charge is 2.45. The van der Waals surface area contributed by atoms with Gasteiger partial charge in [-0.25, -0.2) is 34.7 Å². The van der Waals surface area contributed by atoms with Gasteiger partial charge >= 0.3 is 5.97 Å². The number of fused-ring (bicyclic) bond motifs is 10. The number of carbonyl (C=O) groups excluding carboxylic acids is 5. The molecule has 12 rings (SSSR count). The molecular weight excluding hydrogens is 1130 g/mol. The molecule has 10 aliphatic heterocycles. The first kappa shape index (κ1) is 61.1. The molecule has 2 saturated heterocycles. The van der Waals surface area contributed by atoms with Crippen molar-refractivity contribution in [3.8, 4) is 0 Å². The molecule has 16 bridgehead atoms. The molecule has 464 valence electrons. The van der Waals surface area contributed by atoms with Crippen LogP contribution in [-0.4, -0.2) is 93.0 Å². The average Bonchev–Trinajstić information content (AvgIpc) is 1.61. The molecule has 6 N–H and O–H groups in total. The third-order valence-corrected chi connectivity index (χ3v) is 19.9. The summed E-state index contributed by atoms with van der Waals surface area (Å²) in [6.45, 7) is 22.4. The molecule has 0 radical (unpaired) electrons. The molecule has 0 aromatic heterocycles. The Morgan fingerprint density at radius 3 is 1.48 bits per heavy atom. The van der Waals surface area contributed by atoms with Crippen molar-refractivity contribution in [2.45, 2.75) is 153 Å². The zero-order valence-corrected chi connectivity index (χ0v) is 53.2. The molecule has 10 heterocycles. The van der Waals surface area contributed by atoms with Crippen LogP contribution in [0.25, 0.3) is 0 Å². The minimum absolute atomic E-state index is 0.00657. The Kier molecular flexibility index (Phi) is 16.5. The van der Waals surface area contributed by atoms with E-state index >= 15 is 0 Å². The van der Waals surface area contributed by atoms with Gasteiger partial charge in [0.05, 0.1) is 87.6 Å². The fraction of sp³-hybridized carbons (Fsp3) is 0.403. The highest BCUT2D eigenvalue weighted by Crippen LogP contribution is 2.48. The van der Waals surface area contributed by atoms with E-state index in [4.69, 9.17) is 34.7 Å². The van der Waals surface area contributed by atoms with E-state index in [9.17, 15) is 34.2 Å². The Hall–Kier alpha value is -9.19. The van der Waals surface area contributed by atoms with Crippen molar-refractivity contribution >= 4 is 63.6 Å². The number of hydrogen-bond donors (Lipinski definition) is 6. The third kappa shape index (κ3) is 10.6. The molecule has 12 aliphatic rings. The summed E-state index contributed by atoms with van der Waals surface area (Å²) < 4.78 is 5.47. The molecule has 2 amide bonds. The number of hydrogen-bond acceptors (Lipinski definition) is 16. The molecule has 5 atom stereocenters. The van der Waals surface area contributed by atoms with Crippen LogP contribution >= 0.6 is 0 Å². The lowest BCUT2D eigenvalue weighted by Gasteiger charge is -2.20. The number of allylic oxidation sites excluding steroid dienone is 24. The van der Waals surface area contributed by atoms with Crippen LogP contribution in [0.15, 0.2) is 214 Å². The molecule has 1 unspecified atom stereocenters. The lowest BCUT2D eigenvalue weighted by atomic mass is 9.86. The molecule has 18 heteroatoms. The summed E-state index contributed by atoms with van der Waals surface area (Å²) in [6.07, 6.45) is 18.2. The summed E-state index contributed by atoms with van der Waals surface area (Å²) in [5.74, 6) is -1.64. The van der Waals surface area contributed by atoms with E-state index in [1.807, 2.05) is 78.0 Å². The summed E-state index contributed by atoms with van der Waals surface area (Å²) in [5, 5.41) is 34.5. The maximum atomic E-state index is 14.1. The number of nitrogens with one attached hydrogen (secondary N) is 4. The van der Waals surface area contributed by atoms with E-state index in [1.54, 1.807) is 6.92 Å². The number of aliphatic hydroxyl groups is 2. The van der Waals surface area contributed by atoms with Gasteiger partial charge in [0, 0.05) is 112 Å². The number of carbonyl (C=O) groups is 5. The van der Waals surface area contributed by atoms with Crippen LogP contribution < -0.4 is 21.3 Å². The topological polar surface area (TPSA) is 257 Å². The fourth-order valence-electron chi connectivity index (χ4n) is 14.7. The van der Waals surface area contributed by atoms with E-state index in [1.165, 1.54) is 0 Å². The van der Waals surface area contributed by atoms with Crippen molar-refractivity contribution in [2.24, 2.45) is 53.6 Å². The van der Waals surface area contributed by atoms with Crippen LogP contribution in [0.3, 0.4) is 0 Å². The number of esters is 1. The van der Waals surface area contributed by atoms with Gasteiger partial charge in [0.2, 0.25) is 11.8 Å². The van der Waals surface area contributed by atoms with Crippen molar-refractivity contribution in [1.29, 1.82) is 0 Å². The number of unbranched alkanes of at least 4 members (excludes halogenated alkanes) is 1. The maximum Gasteiger partial charge on any atom is 0.328 e. The number of ether oxygens (including phenoxy) is 1. The van der Waals surface area contributed by atoms with E-state index in [2.05, 4.69) is 49.0 Å². The predicted octanol–water partition coefficient (Wildman–Crippen LogP) is 11.6. The molecular formula is C72H78N10O8. The molecule has 0 spiro atoms. The fourth-order valence-corrected chi connectivity index (χ4v) is 14.7. The van der Waals surface area contributed by atoms with Gasteiger partial charge in [-0.05, 0) is 174 Å². The van der Waals surface area contributed by atoms with Gasteiger partial charge in [0.15, 0.2) is 11.6 Å². The van der Waals surface area contributed by atoms with E-state index in [-0.39, 0.29) is 79.3 Å². The maximum absolute atomic E-state index is 14.1. The Bertz CT molecular complexity index is 4140. The number of aliphatic hydroxyl groups excluding tert-OH is 2. The lowest BCUT2D eigenvalue weighted by molar-refractivity contribution is -0.147. The molecule has 4 fully saturated rings. The second-order valence-corrected chi connectivity index (χ2v) is 25.1. The molecule has 2 saturated carbocycles. The molecule has 0 aromatic rings. The summed E-state index contributed by atoms with van der Waals surface area (Å²) in [6, 6.07) is -0.915. The lowest BCUT2D eigenvalue weighted by Crippen LogP contribution is -2.42. The number of ketones is 2. The Morgan fingerprint density at radius 2 is 1.03 bits per heavy atom. The van der Waals surface area contributed by atoms with Crippen LogP contribution in [0, 0.1) is 23.7 Å². The van der Waals surface area contributed by atoms with Crippen LogP contribution in [0.2, 0.25) is 0 Å². The zero-order chi connectivity index (χ0) is 63.7. The quantitative estimate of drug-likeness (QED) is 0.0484. The molecule has 18 nitrogen and oxygen atoms in total. The van der Waals surface area contributed by atoms with E-state index in [0.717, 1.165) is 127 Å². The number of aliphatic imine (C=N–C) groups is 6. The first-order valence-electron chi connectivity index (χ1n) is 31.8. The van der Waals surface area contributed by atoms with Gasteiger partial charge in [0.1, 0.15) is 6.04 Å². The number of amides is 2. The van der Waals surface area contributed by atoms with Gasteiger partial charge in [-0.3, -0.25) is 19.2 Å². The third-order valence-electron chi connectivity index (χ3n) is 19.9. The van der Waals surface area contributed by atoms with Gasteiger partial charge in [-0.15, -0.1) is 0 Å². The van der Waals surface area contributed by atoms with Crippen LogP contribution in [0.5, 0.6) is 0 Å². The molecule has 90 heavy (non-hydrogen) atoms. The van der Waals surface area contributed by atoms with Crippen molar-refractivity contribution in [2.75, 3.05) is 13.2 Å². The second kappa shape index (κ2) is 24.3. The van der Waals surface area contributed by atoms with Crippen LogP contribution in [0.1, 0.15) is 147 Å².